The van der Waals surface area contributed by atoms with Crippen LogP contribution in [0, 0.1) is 0 Å². The number of methoxy groups -OCH3 is 1. The molecule has 1 aromatic heterocycles. The highest BCUT2D eigenvalue weighted by molar-refractivity contribution is 9.10. The maximum atomic E-state index is 13.3. The smallest absolute Gasteiger partial charge is 0.296 e. The number of unbranched alkanes of at least 4 members (excludes halogenated alkanes) is 1. The van der Waals surface area contributed by atoms with Crippen molar-refractivity contribution in [1.29, 1.82) is 0 Å². The molecule has 0 spiro atoms. The normalized spacial score (nSPS) is 12.5. The summed E-state index contributed by atoms with van der Waals surface area (Å²) in [6.07, 6.45) is 2.02. The Labute approximate surface area is 195 Å². The number of benzene rings is 2. The predicted octanol–water partition coefficient (Wildman–Crippen LogP) is 4.50. The third-order valence-corrected chi connectivity index (χ3v) is 7.58. The number of sulfone groups is 1. The van der Waals surface area contributed by atoms with Gasteiger partial charge in [0.1, 0.15) is 11.6 Å². The fourth-order valence-electron chi connectivity index (χ4n) is 3.47. The van der Waals surface area contributed by atoms with E-state index < -0.39 is 32.2 Å². The van der Waals surface area contributed by atoms with Gasteiger partial charge in [0.2, 0.25) is 15.7 Å². The van der Waals surface area contributed by atoms with Crippen molar-refractivity contribution in [1.82, 2.24) is 9.55 Å². The van der Waals surface area contributed by atoms with Gasteiger partial charge in [0.05, 0.1) is 18.0 Å². The molecule has 0 aliphatic heterocycles. The fourth-order valence-corrected chi connectivity index (χ4v) is 5.07. The Morgan fingerprint density at radius 3 is 2.31 bits per heavy atom. The summed E-state index contributed by atoms with van der Waals surface area (Å²) in [5.74, 6) is 0.405. The minimum atomic E-state index is -4.29. The molecule has 3 rings (SSSR count). The van der Waals surface area contributed by atoms with Crippen LogP contribution in [0.15, 0.2) is 67.6 Å². The van der Waals surface area contributed by atoms with E-state index in [1.807, 2.05) is 26.0 Å². The molecule has 0 bridgehead atoms. The van der Waals surface area contributed by atoms with Crippen LogP contribution in [0.25, 0.3) is 0 Å². The highest BCUT2D eigenvalue weighted by Crippen LogP contribution is 2.32. The predicted molar refractivity (Wildman–Crippen MR) is 125 cm³/mol. The SMILES string of the molecule is CCCCc1nc(=O)c(S(=O)(=O)c2ccc(Br)cc2)c(O)n1C(C)c1ccc(OC)cc1. The second-order valence-corrected chi connectivity index (χ2v) is 10.2. The molecule has 32 heavy (non-hydrogen) atoms. The summed E-state index contributed by atoms with van der Waals surface area (Å²) in [6, 6.07) is 12.6. The first-order valence-electron chi connectivity index (χ1n) is 10.2. The van der Waals surface area contributed by atoms with E-state index in [9.17, 15) is 18.3 Å². The molecule has 170 valence electrons. The van der Waals surface area contributed by atoms with Crippen molar-refractivity contribution < 1.29 is 18.3 Å². The standard InChI is InChI=1S/C23H25BrN2O5S/c1-4-5-6-20-25-22(27)21(32(29,30)19-13-9-17(24)10-14-19)23(28)26(20)15(2)16-7-11-18(31-3)12-8-16/h7-15,28H,4-6H2,1-3H3. The van der Waals surface area contributed by atoms with Gasteiger partial charge in [-0.25, -0.2) is 8.42 Å². The number of halogens is 1. The molecule has 0 saturated heterocycles. The van der Waals surface area contributed by atoms with Crippen molar-refractivity contribution in [3.63, 3.8) is 0 Å². The van der Waals surface area contributed by atoms with E-state index in [1.165, 1.54) is 16.7 Å². The van der Waals surface area contributed by atoms with E-state index in [0.717, 1.165) is 18.4 Å². The Kier molecular flexibility index (Phi) is 7.40. The molecule has 7 nitrogen and oxygen atoms in total. The summed E-state index contributed by atoms with van der Waals surface area (Å²) in [6.45, 7) is 3.82. The Balaban J connectivity index is 2.22. The van der Waals surface area contributed by atoms with E-state index in [4.69, 9.17) is 4.74 Å². The number of hydrogen-bond donors (Lipinski definition) is 1. The Hall–Kier alpha value is -2.65. The lowest BCUT2D eigenvalue weighted by Crippen LogP contribution is -2.27. The molecule has 0 aliphatic rings. The average Bonchev–Trinajstić information content (AvgIpc) is 2.77. The lowest BCUT2D eigenvalue weighted by Gasteiger charge is -2.23. The third kappa shape index (κ3) is 4.73. The summed E-state index contributed by atoms with van der Waals surface area (Å²) in [5, 5.41) is 11.1. The third-order valence-electron chi connectivity index (χ3n) is 5.27. The monoisotopic (exact) mass is 520 g/mol. The Morgan fingerprint density at radius 1 is 1.12 bits per heavy atom. The van der Waals surface area contributed by atoms with Crippen molar-refractivity contribution in [2.75, 3.05) is 7.11 Å². The first kappa shape index (κ1) is 24.0. The van der Waals surface area contributed by atoms with Crippen LogP contribution in [0.1, 0.15) is 44.1 Å². The summed E-state index contributed by atoms with van der Waals surface area (Å²) in [7, 11) is -2.72. The van der Waals surface area contributed by atoms with Crippen LogP contribution in [0.2, 0.25) is 0 Å². The van der Waals surface area contributed by atoms with E-state index in [1.54, 1.807) is 31.4 Å². The number of aromatic nitrogens is 2. The lowest BCUT2D eigenvalue weighted by molar-refractivity contribution is 0.368. The quantitative estimate of drug-likeness (QED) is 0.469. The zero-order chi connectivity index (χ0) is 23.5. The maximum absolute atomic E-state index is 13.3. The molecule has 3 aromatic rings. The molecule has 1 atom stereocenters. The Morgan fingerprint density at radius 2 is 1.75 bits per heavy atom. The van der Waals surface area contributed by atoms with Gasteiger partial charge in [0, 0.05) is 10.9 Å². The molecular formula is C23H25BrN2O5S. The maximum Gasteiger partial charge on any atom is 0.296 e. The minimum Gasteiger partial charge on any atom is -0.497 e. The van der Waals surface area contributed by atoms with Crippen molar-refractivity contribution in [3.05, 3.63) is 74.7 Å². The number of rotatable bonds is 8. The summed E-state index contributed by atoms with van der Waals surface area (Å²) >= 11 is 3.27. The first-order chi connectivity index (χ1) is 15.2. The highest BCUT2D eigenvalue weighted by atomic mass is 79.9. The number of ether oxygens (including phenoxy) is 1. The van der Waals surface area contributed by atoms with Crippen molar-refractivity contribution in [3.8, 4) is 11.6 Å². The van der Waals surface area contributed by atoms with Crippen LogP contribution in [-0.2, 0) is 16.3 Å². The molecule has 0 amide bonds. The number of hydrogen-bond acceptors (Lipinski definition) is 6. The van der Waals surface area contributed by atoms with Gasteiger partial charge < -0.3 is 9.84 Å². The summed E-state index contributed by atoms with van der Waals surface area (Å²) < 4.78 is 33.9. The molecule has 0 aliphatic carbocycles. The minimum absolute atomic E-state index is 0.0974. The van der Waals surface area contributed by atoms with E-state index in [0.29, 0.717) is 22.5 Å². The molecular weight excluding hydrogens is 496 g/mol. The summed E-state index contributed by atoms with van der Waals surface area (Å²) in [4.78, 5) is 16.1. The molecule has 9 heteroatoms. The molecule has 2 aromatic carbocycles. The molecule has 1 N–H and O–H groups in total. The summed E-state index contributed by atoms with van der Waals surface area (Å²) in [5.41, 5.74) is -0.161. The Bertz CT molecular complexity index is 1250. The van der Waals surface area contributed by atoms with Crippen LogP contribution >= 0.6 is 15.9 Å². The number of aryl methyl sites for hydroxylation is 1. The van der Waals surface area contributed by atoms with Gasteiger partial charge in [-0.1, -0.05) is 41.4 Å². The largest absolute Gasteiger partial charge is 0.497 e. The van der Waals surface area contributed by atoms with E-state index in [-0.39, 0.29) is 4.90 Å². The topological polar surface area (TPSA) is 98.5 Å². The van der Waals surface area contributed by atoms with Gasteiger partial charge in [0.15, 0.2) is 4.90 Å². The van der Waals surface area contributed by atoms with Crippen LogP contribution < -0.4 is 10.3 Å². The fraction of sp³-hybridized carbons (Fsp3) is 0.304. The first-order valence-corrected chi connectivity index (χ1v) is 12.5. The number of nitrogens with zero attached hydrogens (tertiary/aromatic N) is 2. The average molecular weight is 521 g/mol. The van der Waals surface area contributed by atoms with Gasteiger partial charge in [-0.15, -0.1) is 0 Å². The van der Waals surface area contributed by atoms with E-state index >= 15 is 0 Å². The van der Waals surface area contributed by atoms with Gasteiger partial charge in [-0.3, -0.25) is 9.36 Å². The van der Waals surface area contributed by atoms with Crippen LogP contribution in [0.5, 0.6) is 11.6 Å². The molecule has 0 fully saturated rings. The molecule has 1 heterocycles. The zero-order valence-electron chi connectivity index (χ0n) is 18.1. The molecule has 1 unspecified atom stereocenters. The van der Waals surface area contributed by atoms with Crippen LogP contribution in [-0.4, -0.2) is 30.2 Å². The van der Waals surface area contributed by atoms with E-state index in [2.05, 4.69) is 20.9 Å². The van der Waals surface area contributed by atoms with Gasteiger partial charge >= 0.3 is 0 Å². The van der Waals surface area contributed by atoms with Gasteiger partial charge in [-0.05, 0) is 55.3 Å². The van der Waals surface area contributed by atoms with Crippen LogP contribution in [0.3, 0.4) is 0 Å². The van der Waals surface area contributed by atoms with Crippen molar-refractivity contribution in [2.45, 2.75) is 48.9 Å². The van der Waals surface area contributed by atoms with Crippen LogP contribution in [0.4, 0.5) is 0 Å². The number of aromatic hydroxyl groups is 1. The molecule has 0 radical (unpaired) electrons. The zero-order valence-corrected chi connectivity index (χ0v) is 20.5. The van der Waals surface area contributed by atoms with Gasteiger partial charge in [-0.2, -0.15) is 4.98 Å². The molecule has 0 saturated carbocycles. The van der Waals surface area contributed by atoms with Crippen molar-refractivity contribution >= 4 is 25.8 Å². The second-order valence-electron chi connectivity index (χ2n) is 7.37. The highest BCUT2D eigenvalue weighted by Gasteiger charge is 2.31. The van der Waals surface area contributed by atoms with Gasteiger partial charge in [0.25, 0.3) is 5.56 Å². The second kappa shape index (κ2) is 9.87. The van der Waals surface area contributed by atoms with Crippen molar-refractivity contribution in [2.24, 2.45) is 0 Å². The lowest BCUT2D eigenvalue weighted by atomic mass is 10.1.